The van der Waals surface area contributed by atoms with E-state index < -0.39 is 66.2 Å². The van der Waals surface area contributed by atoms with Gasteiger partial charge in [0.25, 0.3) is 0 Å². The van der Waals surface area contributed by atoms with Gasteiger partial charge in [0.05, 0.1) is 12.9 Å². The van der Waals surface area contributed by atoms with E-state index in [4.69, 9.17) is 23.7 Å². The Hall–Kier alpha value is -5.12. The van der Waals surface area contributed by atoms with Crippen molar-refractivity contribution < 1.29 is 52.8 Å². The molecule has 0 aliphatic carbocycles. The Morgan fingerprint density at radius 2 is 1.70 bits per heavy atom. The van der Waals surface area contributed by atoms with Crippen molar-refractivity contribution in [1.82, 2.24) is 24.8 Å². The molecule has 0 spiro atoms. The summed E-state index contributed by atoms with van der Waals surface area (Å²) < 4.78 is 29.0. The Balaban J connectivity index is 1.68. The molecule has 2 aromatic heterocycles. The predicted molar refractivity (Wildman–Crippen MR) is 157 cm³/mol. The number of hydrogen-bond acceptors (Lipinski definition) is 13. The van der Waals surface area contributed by atoms with E-state index >= 15 is 0 Å². The number of carbonyl (C=O) groups excluding carboxylic acids is 4. The minimum atomic E-state index is -1.70. The fourth-order valence-electron chi connectivity index (χ4n) is 4.95. The van der Waals surface area contributed by atoms with Crippen molar-refractivity contribution in [2.24, 2.45) is 0 Å². The molecule has 1 fully saturated rings. The molecule has 0 saturated carbocycles. The zero-order chi connectivity index (χ0) is 33.8. The molecule has 2 N–H and O–H groups in total. The number of carbonyl (C=O) groups is 5. The van der Waals surface area contributed by atoms with Crippen LogP contribution >= 0.6 is 0 Å². The molecule has 1 aromatic carbocycles. The lowest BCUT2D eigenvalue weighted by molar-refractivity contribution is -0.194. The molecule has 1 aliphatic heterocycles. The summed E-state index contributed by atoms with van der Waals surface area (Å²) in [6.07, 6.45) is -0.466. The number of benzene rings is 1. The number of rotatable bonds is 10. The number of nitrogens with one attached hydrogen (secondary N) is 1. The Morgan fingerprint density at radius 1 is 1.02 bits per heavy atom. The van der Waals surface area contributed by atoms with E-state index in [1.54, 1.807) is 45.0 Å². The van der Waals surface area contributed by atoms with Crippen molar-refractivity contribution in [3.63, 3.8) is 0 Å². The molecule has 0 radical (unpaired) electrons. The van der Waals surface area contributed by atoms with Gasteiger partial charge < -0.3 is 34.1 Å². The number of amides is 1. The zero-order valence-corrected chi connectivity index (χ0v) is 26.1. The van der Waals surface area contributed by atoms with E-state index in [2.05, 4.69) is 20.3 Å². The normalized spacial score (nSPS) is 20.0. The number of fused-ring (bicyclic) bond motifs is 1. The van der Waals surface area contributed by atoms with Gasteiger partial charge in [-0.3, -0.25) is 19.0 Å². The van der Waals surface area contributed by atoms with Gasteiger partial charge in [-0.15, -0.1) is 0 Å². The number of hydrogen-bond donors (Lipinski definition) is 2. The number of carboxylic acids is 1. The summed E-state index contributed by atoms with van der Waals surface area (Å²) in [5.41, 5.74) is -0.331. The Labute approximate surface area is 263 Å². The maximum atomic E-state index is 12.2. The fourth-order valence-corrected chi connectivity index (χ4v) is 4.95. The van der Waals surface area contributed by atoms with E-state index in [9.17, 15) is 29.1 Å². The van der Waals surface area contributed by atoms with E-state index in [1.807, 2.05) is 0 Å². The topological polar surface area (TPSA) is 207 Å². The Kier molecular flexibility index (Phi) is 9.89. The van der Waals surface area contributed by atoms with Crippen LogP contribution in [0.4, 0.5) is 4.79 Å². The van der Waals surface area contributed by atoms with E-state index in [0.717, 1.165) is 0 Å². The van der Waals surface area contributed by atoms with Crippen LogP contribution in [0.25, 0.3) is 22.4 Å². The van der Waals surface area contributed by atoms with Crippen LogP contribution in [0.1, 0.15) is 47.1 Å². The van der Waals surface area contributed by atoms with Crippen molar-refractivity contribution in [3.8, 4) is 11.3 Å². The number of nitrogens with zero attached hydrogens (tertiary/aromatic N) is 4. The van der Waals surface area contributed by atoms with E-state index in [1.165, 1.54) is 38.0 Å². The minimum absolute atomic E-state index is 0.0142. The van der Waals surface area contributed by atoms with Crippen molar-refractivity contribution in [1.29, 1.82) is 0 Å². The largest absolute Gasteiger partial charge is 0.480 e. The maximum Gasteiger partial charge on any atom is 0.408 e. The van der Waals surface area contributed by atoms with Gasteiger partial charge in [0.1, 0.15) is 35.8 Å². The molecule has 0 bridgehead atoms. The number of aliphatic carboxylic acids is 1. The van der Waals surface area contributed by atoms with E-state index in [-0.39, 0.29) is 18.7 Å². The molecule has 246 valence electrons. The second-order valence-corrected chi connectivity index (χ2v) is 11.6. The molecular weight excluding hydrogens is 606 g/mol. The van der Waals surface area contributed by atoms with Crippen LogP contribution in [-0.2, 0) is 55.0 Å². The maximum absolute atomic E-state index is 12.2. The third kappa shape index (κ3) is 7.74. The van der Waals surface area contributed by atoms with Gasteiger partial charge in [-0.2, -0.15) is 0 Å². The first-order valence-corrected chi connectivity index (χ1v) is 14.2. The summed E-state index contributed by atoms with van der Waals surface area (Å²) in [5, 5.41) is 12.0. The van der Waals surface area contributed by atoms with Crippen LogP contribution < -0.4 is 5.32 Å². The SMILES string of the molecule is CC(=O)OC[C@]1(n2cnc3c(-c4ccc(C[C@H](NC(=O)OC(C)(C)C)C(=O)O)cc4)ncnc32)OC[C@H](OC(C)=O)[C@@H]1OC(C)=O. The van der Waals surface area contributed by atoms with Gasteiger partial charge in [0, 0.05) is 32.8 Å². The lowest BCUT2D eigenvalue weighted by Gasteiger charge is -2.34. The van der Waals surface area contributed by atoms with Gasteiger partial charge in [-0.25, -0.2) is 24.5 Å². The molecule has 16 heteroatoms. The van der Waals surface area contributed by atoms with Crippen molar-refractivity contribution in [3.05, 3.63) is 42.5 Å². The Bertz CT molecular complexity index is 1630. The monoisotopic (exact) mass is 641 g/mol. The number of ether oxygens (including phenoxy) is 5. The van der Waals surface area contributed by atoms with Gasteiger partial charge in [-0.05, 0) is 26.3 Å². The second kappa shape index (κ2) is 13.5. The first-order valence-electron chi connectivity index (χ1n) is 14.2. The fraction of sp³-hybridized carbons (Fsp3) is 0.467. The van der Waals surface area contributed by atoms with Crippen LogP contribution in [0, 0.1) is 0 Å². The highest BCUT2D eigenvalue weighted by Crippen LogP contribution is 2.39. The molecule has 3 heterocycles. The quantitative estimate of drug-likeness (QED) is 0.240. The van der Waals surface area contributed by atoms with Crippen LogP contribution in [0.5, 0.6) is 0 Å². The van der Waals surface area contributed by atoms with Gasteiger partial charge >= 0.3 is 30.0 Å². The standard InChI is InChI=1S/C30H35N5O11/c1-16(36)42-13-30(25(45-18(3)38)22(12-43-30)44-17(2)37)35-15-33-24-23(31-14-32-26(24)35)20-9-7-19(8-10-20)11-21(27(39)40)34-28(41)46-29(4,5)6/h7-10,14-15,21-22,25H,11-13H2,1-6H3,(H,34,41)(H,39,40)/t21-,22-,25-,30-/m0/s1. The van der Waals surface area contributed by atoms with Crippen molar-refractivity contribution in [2.75, 3.05) is 13.2 Å². The summed E-state index contributed by atoms with van der Waals surface area (Å²) >= 11 is 0. The van der Waals surface area contributed by atoms with E-state index in [0.29, 0.717) is 22.3 Å². The minimum Gasteiger partial charge on any atom is -0.480 e. The summed E-state index contributed by atoms with van der Waals surface area (Å²) in [7, 11) is 0. The molecule has 4 atom stereocenters. The van der Waals surface area contributed by atoms with Crippen LogP contribution in [-0.4, -0.2) is 91.7 Å². The lowest BCUT2D eigenvalue weighted by Crippen LogP contribution is -2.52. The number of esters is 3. The zero-order valence-electron chi connectivity index (χ0n) is 26.1. The van der Waals surface area contributed by atoms with Crippen LogP contribution in [0.3, 0.4) is 0 Å². The average Bonchev–Trinajstić information content (AvgIpc) is 3.53. The lowest BCUT2D eigenvalue weighted by atomic mass is 10.0. The number of carboxylic acid groups (broad SMARTS) is 1. The first-order chi connectivity index (χ1) is 21.6. The average molecular weight is 642 g/mol. The molecule has 1 amide bonds. The summed E-state index contributed by atoms with van der Waals surface area (Å²) in [6, 6.07) is 5.57. The molecule has 1 aliphatic rings. The number of imidazole rings is 1. The number of alkyl carbamates (subject to hydrolysis) is 1. The smallest absolute Gasteiger partial charge is 0.408 e. The predicted octanol–water partition coefficient (Wildman–Crippen LogP) is 2.12. The summed E-state index contributed by atoms with van der Waals surface area (Å²) in [5.74, 6) is -3.18. The van der Waals surface area contributed by atoms with Crippen molar-refractivity contribution >= 4 is 41.1 Å². The summed E-state index contributed by atoms with van der Waals surface area (Å²) in [6.45, 7) is 7.99. The summed E-state index contributed by atoms with van der Waals surface area (Å²) in [4.78, 5) is 73.1. The molecule has 1 saturated heterocycles. The molecule has 46 heavy (non-hydrogen) atoms. The highest BCUT2D eigenvalue weighted by molar-refractivity contribution is 5.87. The first kappa shape index (κ1) is 33.8. The highest BCUT2D eigenvalue weighted by atomic mass is 16.7. The van der Waals surface area contributed by atoms with Gasteiger partial charge in [0.2, 0.25) is 5.72 Å². The number of aromatic nitrogens is 4. The Morgan fingerprint density at radius 3 is 2.28 bits per heavy atom. The molecule has 0 unspecified atom stereocenters. The van der Waals surface area contributed by atoms with Crippen LogP contribution in [0.2, 0.25) is 0 Å². The second-order valence-electron chi connectivity index (χ2n) is 11.6. The van der Waals surface area contributed by atoms with Gasteiger partial charge in [-0.1, -0.05) is 24.3 Å². The van der Waals surface area contributed by atoms with Crippen LogP contribution in [0.15, 0.2) is 36.9 Å². The third-order valence-electron chi connectivity index (χ3n) is 6.77. The molecule has 16 nitrogen and oxygen atoms in total. The van der Waals surface area contributed by atoms with Crippen molar-refractivity contribution in [2.45, 2.75) is 77.5 Å². The molecule has 4 rings (SSSR count). The van der Waals surface area contributed by atoms with Gasteiger partial charge in [0.15, 0.2) is 17.9 Å². The molecule has 3 aromatic rings. The highest BCUT2D eigenvalue weighted by Gasteiger charge is 2.57. The third-order valence-corrected chi connectivity index (χ3v) is 6.77. The molecular formula is C30H35N5O11.